The van der Waals surface area contributed by atoms with Crippen LogP contribution in [0.25, 0.3) is 11.4 Å². The molecule has 0 saturated carbocycles. The minimum absolute atomic E-state index is 0.533. The van der Waals surface area contributed by atoms with E-state index < -0.39 is 0 Å². The van der Waals surface area contributed by atoms with E-state index in [0.717, 1.165) is 11.4 Å². The molecule has 0 aliphatic rings. The van der Waals surface area contributed by atoms with Gasteiger partial charge in [0.15, 0.2) is 11.5 Å². The molecule has 1 aromatic heterocycles. The monoisotopic (exact) mass is 280 g/mol. The van der Waals surface area contributed by atoms with Gasteiger partial charge in [0.1, 0.15) is 5.82 Å². The largest absolute Gasteiger partial charge is 0.490 e. The molecular formula is C14H17ClN2O2. The molecular weight excluding hydrogens is 264 g/mol. The number of ether oxygens (including phenoxy) is 2. The fourth-order valence-corrected chi connectivity index (χ4v) is 2.15. The molecule has 2 aromatic rings. The van der Waals surface area contributed by atoms with E-state index in [4.69, 9.17) is 21.1 Å². The highest BCUT2D eigenvalue weighted by Crippen LogP contribution is 2.39. The maximum absolute atomic E-state index is 6.28. The zero-order valence-corrected chi connectivity index (χ0v) is 12.1. The summed E-state index contributed by atoms with van der Waals surface area (Å²) in [5.41, 5.74) is 0.907. The molecule has 0 bridgehead atoms. The summed E-state index contributed by atoms with van der Waals surface area (Å²) in [5, 5.41) is 0.533. The lowest BCUT2D eigenvalue weighted by Gasteiger charge is -2.14. The van der Waals surface area contributed by atoms with Crippen LogP contribution in [0, 0.1) is 0 Å². The Hall–Kier alpha value is -1.68. The Balaban J connectivity index is 2.50. The van der Waals surface area contributed by atoms with E-state index in [1.165, 1.54) is 0 Å². The molecule has 2 rings (SSSR count). The predicted molar refractivity (Wildman–Crippen MR) is 76.0 cm³/mol. The summed E-state index contributed by atoms with van der Waals surface area (Å²) in [5.74, 6) is 2.07. The molecule has 5 heteroatoms. The van der Waals surface area contributed by atoms with Crippen molar-refractivity contribution in [3.8, 4) is 22.9 Å². The van der Waals surface area contributed by atoms with Crippen LogP contribution in [0.2, 0.25) is 5.02 Å². The van der Waals surface area contributed by atoms with E-state index in [1.54, 1.807) is 6.20 Å². The summed E-state index contributed by atoms with van der Waals surface area (Å²) < 4.78 is 13.1. The first-order valence-electron chi connectivity index (χ1n) is 6.24. The van der Waals surface area contributed by atoms with E-state index in [0.29, 0.717) is 29.7 Å². The van der Waals surface area contributed by atoms with Gasteiger partial charge in [0.2, 0.25) is 0 Å². The lowest BCUT2D eigenvalue weighted by atomic mass is 10.2. The zero-order valence-electron chi connectivity index (χ0n) is 11.3. The standard InChI is InChI=1S/C14H17ClN2O2/c1-4-18-12-9-10(14-16-6-7-17(14)3)8-11(15)13(12)19-5-2/h6-9H,4-5H2,1-3H3. The van der Waals surface area contributed by atoms with Crippen LogP contribution in [-0.4, -0.2) is 22.8 Å². The van der Waals surface area contributed by atoms with Crippen LogP contribution in [-0.2, 0) is 7.05 Å². The fourth-order valence-electron chi connectivity index (χ4n) is 1.89. The number of hydrogen-bond donors (Lipinski definition) is 0. The molecule has 19 heavy (non-hydrogen) atoms. The topological polar surface area (TPSA) is 36.3 Å². The maximum Gasteiger partial charge on any atom is 0.179 e. The molecule has 0 saturated heterocycles. The summed E-state index contributed by atoms with van der Waals surface area (Å²) in [6, 6.07) is 3.75. The number of aromatic nitrogens is 2. The molecule has 4 nitrogen and oxygen atoms in total. The van der Waals surface area contributed by atoms with Crippen molar-refractivity contribution in [3.63, 3.8) is 0 Å². The smallest absolute Gasteiger partial charge is 0.179 e. The van der Waals surface area contributed by atoms with Gasteiger partial charge in [-0.3, -0.25) is 0 Å². The molecule has 0 fully saturated rings. The first-order valence-corrected chi connectivity index (χ1v) is 6.62. The van der Waals surface area contributed by atoms with Crippen LogP contribution in [0.4, 0.5) is 0 Å². The molecule has 0 spiro atoms. The van der Waals surface area contributed by atoms with Crippen LogP contribution in [0.5, 0.6) is 11.5 Å². The lowest BCUT2D eigenvalue weighted by molar-refractivity contribution is 0.288. The minimum Gasteiger partial charge on any atom is -0.490 e. The van der Waals surface area contributed by atoms with Crippen molar-refractivity contribution in [2.45, 2.75) is 13.8 Å². The molecule has 0 atom stereocenters. The molecule has 1 heterocycles. The van der Waals surface area contributed by atoms with E-state index in [1.807, 2.05) is 43.8 Å². The van der Waals surface area contributed by atoms with Crippen molar-refractivity contribution < 1.29 is 9.47 Å². The second-order valence-electron chi connectivity index (χ2n) is 4.01. The van der Waals surface area contributed by atoms with Crippen LogP contribution in [0.3, 0.4) is 0 Å². The molecule has 0 unspecified atom stereocenters. The van der Waals surface area contributed by atoms with E-state index in [9.17, 15) is 0 Å². The number of benzene rings is 1. The summed E-state index contributed by atoms with van der Waals surface area (Å²) in [6.45, 7) is 4.94. The lowest BCUT2D eigenvalue weighted by Crippen LogP contribution is -2.00. The molecule has 1 aromatic carbocycles. The normalized spacial score (nSPS) is 10.5. The van der Waals surface area contributed by atoms with Crippen LogP contribution in [0.1, 0.15) is 13.8 Å². The second-order valence-corrected chi connectivity index (χ2v) is 4.42. The van der Waals surface area contributed by atoms with Crippen molar-refractivity contribution >= 4 is 11.6 Å². The summed E-state index contributed by atoms with van der Waals surface area (Å²) >= 11 is 6.28. The van der Waals surface area contributed by atoms with Crippen molar-refractivity contribution in [2.24, 2.45) is 7.05 Å². The van der Waals surface area contributed by atoms with Crippen LogP contribution < -0.4 is 9.47 Å². The van der Waals surface area contributed by atoms with Gasteiger partial charge in [-0.05, 0) is 26.0 Å². The van der Waals surface area contributed by atoms with Crippen molar-refractivity contribution in [1.82, 2.24) is 9.55 Å². The molecule has 0 aliphatic heterocycles. The molecule has 0 aliphatic carbocycles. The maximum atomic E-state index is 6.28. The van der Waals surface area contributed by atoms with Gasteiger partial charge in [0.05, 0.1) is 18.2 Å². The Morgan fingerprint density at radius 2 is 1.95 bits per heavy atom. The van der Waals surface area contributed by atoms with Crippen molar-refractivity contribution in [1.29, 1.82) is 0 Å². The quantitative estimate of drug-likeness (QED) is 0.840. The summed E-state index contributed by atoms with van der Waals surface area (Å²) in [7, 11) is 1.94. The third-order valence-corrected chi connectivity index (χ3v) is 2.96. The minimum atomic E-state index is 0.533. The number of halogens is 1. The average Bonchev–Trinajstić information content (AvgIpc) is 2.80. The average molecular weight is 281 g/mol. The Kier molecular flexibility index (Phi) is 4.32. The Morgan fingerprint density at radius 1 is 1.21 bits per heavy atom. The first kappa shape index (κ1) is 13.7. The van der Waals surface area contributed by atoms with Crippen molar-refractivity contribution in [2.75, 3.05) is 13.2 Å². The highest BCUT2D eigenvalue weighted by molar-refractivity contribution is 6.32. The van der Waals surface area contributed by atoms with Gasteiger partial charge in [0, 0.05) is 25.0 Å². The zero-order chi connectivity index (χ0) is 13.8. The Labute approximate surface area is 117 Å². The fraction of sp³-hybridized carbons (Fsp3) is 0.357. The number of nitrogens with zero attached hydrogens (tertiary/aromatic N) is 2. The van der Waals surface area contributed by atoms with Gasteiger partial charge >= 0.3 is 0 Å². The van der Waals surface area contributed by atoms with E-state index >= 15 is 0 Å². The molecule has 0 N–H and O–H groups in total. The van der Waals surface area contributed by atoms with E-state index in [2.05, 4.69) is 4.98 Å². The number of aryl methyl sites for hydroxylation is 1. The Bertz CT molecular complexity index is 567. The summed E-state index contributed by atoms with van der Waals surface area (Å²) in [6.07, 6.45) is 3.64. The van der Waals surface area contributed by atoms with Gasteiger partial charge in [-0.2, -0.15) is 0 Å². The van der Waals surface area contributed by atoms with Gasteiger partial charge in [-0.15, -0.1) is 0 Å². The second kappa shape index (κ2) is 5.97. The van der Waals surface area contributed by atoms with E-state index in [-0.39, 0.29) is 0 Å². The highest BCUT2D eigenvalue weighted by atomic mass is 35.5. The van der Waals surface area contributed by atoms with Crippen LogP contribution >= 0.6 is 11.6 Å². The first-order chi connectivity index (χ1) is 9.17. The molecule has 0 amide bonds. The Morgan fingerprint density at radius 3 is 2.53 bits per heavy atom. The van der Waals surface area contributed by atoms with Crippen LogP contribution in [0.15, 0.2) is 24.5 Å². The predicted octanol–water partition coefficient (Wildman–Crippen LogP) is 3.54. The summed E-state index contributed by atoms with van der Waals surface area (Å²) in [4.78, 5) is 4.31. The van der Waals surface area contributed by atoms with Gasteiger partial charge in [-0.25, -0.2) is 4.98 Å². The van der Waals surface area contributed by atoms with Gasteiger partial charge in [0.25, 0.3) is 0 Å². The van der Waals surface area contributed by atoms with Gasteiger partial charge < -0.3 is 14.0 Å². The molecule has 0 radical (unpaired) electrons. The SMILES string of the molecule is CCOc1cc(-c2nccn2C)cc(Cl)c1OCC. The third-order valence-electron chi connectivity index (χ3n) is 2.68. The number of hydrogen-bond acceptors (Lipinski definition) is 3. The highest BCUT2D eigenvalue weighted by Gasteiger charge is 2.14. The van der Waals surface area contributed by atoms with Gasteiger partial charge in [-0.1, -0.05) is 11.6 Å². The van der Waals surface area contributed by atoms with Crippen molar-refractivity contribution in [3.05, 3.63) is 29.5 Å². The molecule has 102 valence electrons. The number of imidazole rings is 1. The number of rotatable bonds is 5. The third kappa shape index (κ3) is 2.84.